The molecule has 0 spiro atoms. The van der Waals surface area contributed by atoms with Gasteiger partial charge in [-0.3, -0.25) is 9.59 Å². The first-order valence-corrected chi connectivity index (χ1v) is 10.6. The third-order valence-electron chi connectivity index (χ3n) is 5.62. The van der Waals surface area contributed by atoms with Gasteiger partial charge in [0, 0.05) is 18.3 Å². The van der Waals surface area contributed by atoms with Crippen LogP contribution in [0.1, 0.15) is 32.9 Å². The minimum Gasteiger partial charge on any atom is -0.450 e. The van der Waals surface area contributed by atoms with E-state index < -0.39 is 23.9 Å². The van der Waals surface area contributed by atoms with Crippen LogP contribution in [0.3, 0.4) is 0 Å². The van der Waals surface area contributed by atoms with Crippen molar-refractivity contribution < 1.29 is 23.1 Å². The van der Waals surface area contributed by atoms with E-state index in [0.29, 0.717) is 10.9 Å². The van der Waals surface area contributed by atoms with E-state index in [1.54, 1.807) is 54.8 Å². The summed E-state index contributed by atoms with van der Waals surface area (Å²) in [5.41, 5.74) is 2.27. The fourth-order valence-electron chi connectivity index (χ4n) is 3.68. The molecule has 1 N–H and O–H groups in total. The summed E-state index contributed by atoms with van der Waals surface area (Å²) in [7, 11) is 0. The summed E-state index contributed by atoms with van der Waals surface area (Å²) >= 11 is 0. The second-order valence-electron chi connectivity index (χ2n) is 7.85. The maximum absolute atomic E-state index is 13.3. The van der Waals surface area contributed by atoms with E-state index in [4.69, 9.17) is 9.15 Å². The average Bonchev–Trinajstić information content (AvgIpc) is 3.07. The van der Waals surface area contributed by atoms with Crippen LogP contribution in [-0.4, -0.2) is 23.1 Å². The van der Waals surface area contributed by atoms with Gasteiger partial charge in [0.1, 0.15) is 23.3 Å². The maximum atomic E-state index is 13.3. The molecule has 0 aliphatic rings. The van der Waals surface area contributed by atoms with Gasteiger partial charge in [-0.2, -0.15) is 5.26 Å². The molecular formula is C26H20FN3O5. The van der Waals surface area contributed by atoms with E-state index in [-0.39, 0.29) is 35.1 Å². The molecule has 2 heterocycles. The van der Waals surface area contributed by atoms with Gasteiger partial charge in [-0.15, -0.1) is 0 Å². The third-order valence-corrected chi connectivity index (χ3v) is 5.62. The number of benzene rings is 2. The number of aromatic nitrogens is 1. The monoisotopic (exact) mass is 473 g/mol. The number of fused-ring (bicyclic) bond motifs is 1. The Morgan fingerprint density at radius 2 is 1.86 bits per heavy atom. The van der Waals surface area contributed by atoms with Gasteiger partial charge in [0.05, 0.1) is 10.9 Å². The number of nitriles is 1. The maximum Gasteiger partial charge on any atom is 0.374 e. The Labute approximate surface area is 199 Å². The van der Waals surface area contributed by atoms with Crippen LogP contribution in [0, 0.1) is 31.0 Å². The van der Waals surface area contributed by atoms with Crippen molar-refractivity contribution in [2.45, 2.75) is 20.4 Å². The summed E-state index contributed by atoms with van der Waals surface area (Å²) < 4.78 is 25.5. The minimum atomic E-state index is -0.974. The summed E-state index contributed by atoms with van der Waals surface area (Å²) in [5.74, 6) is -2.12. The molecule has 176 valence electrons. The van der Waals surface area contributed by atoms with Crippen molar-refractivity contribution in [2.24, 2.45) is 0 Å². The molecule has 0 radical (unpaired) electrons. The largest absolute Gasteiger partial charge is 0.450 e. The molecule has 2 aromatic heterocycles. The number of ether oxygens (including phenoxy) is 1. The smallest absolute Gasteiger partial charge is 0.374 e. The van der Waals surface area contributed by atoms with Gasteiger partial charge in [0.25, 0.3) is 5.91 Å². The summed E-state index contributed by atoms with van der Waals surface area (Å²) in [6.45, 7) is 3.18. The number of nitrogens with zero attached hydrogens (tertiary/aromatic N) is 2. The van der Waals surface area contributed by atoms with Crippen molar-refractivity contribution in [3.63, 3.8) is 0 Å². The summed E-state index contributed by atoms with van der Waals surface area (Å²) in [6, 6.07) is 15.4. The van der Waals surface area contributed by atoms with Gasteiger partial charge in [-0.1, -0.05) is 24.3 Å². The molecule has 0 atom stereocenters. The molecule has 2 aromatic carbocycles. The van der Waals surface area contributed by atoms with E-state index >= 15 is 0 Å². The van der Waals surface area contributed by atoms with Crippen LogP contribution in [0.4, 0.5) is 10.2 Å². The number of esters is 1. The lowest BCUT2D eigenvalue weighted by atomic mass is 10.2. The van der Waals surface area contributed by atoms with E-state index in [1.165, 1.54) is 12.1 Å². The van der Waals surface area contributed by atoms with E-state index in [9.17, 15) is 24.0 Å². The number of anilines is 1. The Balaban J connectivity index is 1.51. The van der Waals surface area contributed by atoms with Crippen LogP contribution < -0.4 is 10.7 Å². The van der Waals surface area contributed by atoms with E-state index in [1.807, 2.05) is 0 Å². The molecule has 4 aromatic rings. The van der Waals surface area contributed by atoms with Gasteiger partial charge < -0.3 is 19.0 Å². The summed E-state index contributed by atoms with van der Waals surface area (Å²) in [5, 5.41) is 12.6. The molecule has 0 saturated carbocycles. The van der Waals surface area contributed by atoms with Crippen molar-refractivity contribution in [1.29, 1.82) is 5.26 Å². The van der Waals surface area contributed by atoms with Gasteiger partial charge in [-0.25, -0.2) is 9.18 Å². The molecule has 35 heavy (non-hydrogen) atoms. The second-order valence-corrected chi connectivity index (χ2v) is 7.85. The van der Waals surface area contributed by atoms with Gasteiger partial charge in [0.2, 0.25) is 5.76 Å². The van der Waals surface area contributed by atoms with E-state index in [2.05, 4.69) is 11.4 Å². The van der Waals surface area contributed by atoms with Gasteiger partial charge in [0.15, 0.2) is 12.0 Å². The lowest BCUT2D eigenvalue weighted by molar-refractivity contribution is -0.119. The van der Waals surface area contributed by atoms with Crippen molar-refractivity contribution in [1.82, 2.24) is 4.57 Å². The fraction of sp³-hybridized carbons (Fsp3) is 0.154. The average molecular weight is 473 g/mol. The zero-order valence-electron chi connectivity index (χ0n) is 18.9. The van der Waals surface area contributed by atoms with Crippen LogP contribution >= 0.6 is 0 Å². The molecule has 1 amide bonds. The minimum absolute atomic E-state index is 0.222. The van der Waals surface area contributed by atoms with Crippen LogP contribution in [-0.2, 0) is 16.1 Å². The van der Waals surface area contributed by atoms with Crippen LogP contribution in [0.15, 0.2) is 63.8 Å². The van der Waals surface area contributed by atoms with Crippen LogP contribution in [0.2, 0.25) is 0 Å². The molecule has 8 nitrogen and oxygen atoms in total. The van der Waals surface area contributed by atoms with Gasteiger partial charge in [-0.05, 0) is 49.2 Å². The number of hydrogen-bond acceptors (Lipinski definition) is 6. The number of amides is 1. The number of rotatable bonds is 6. The lowest BCUT2D eigenvalue weighted by Crippen LogP contribution is -2.23. The third kappa shape index (κ3) is 4.82. The zero-order chi connectivity index (χ0) is 25.1. The number of hydrogen-bond donors (Lipinski definition) is 1. The summed E-state index contributed by atoms with van der Waals surface area (Å²) in [4.78, 5) is 37.2. The van der Waals surface area contributed by atoms with Crippen LogP contribution in [0.25, 0.3) is 11.0 Å². The molecule has 0 saturated heterocycles. The highest BCUT2D eigenvalue weighted by Gasteiger charge is 2.21. The molecule has 4 rings (SSSR count). The fourth-order valence-corrected chi connectivity index (χ4v) is 3.68. The topological polar surface area (TPSA) is 114 Å². The normalized spacial score (nSPS) is 10.7. The number of halogens is 1. The van der Waals surface area contributed by atoms with E-state index in [0.717, 1.165) is 17.3 Å². The van der Waals surface area contributed by atoms with Crippen molar-refractivity contribution in [2.75, 3.05) is 11.9 Å². The zero-order valence-corrected chi connectivity index (χ0v) is 18.9. The molecule has 0 unspecified atom stereocenters. The Kier molecular flexibility index (Phi) is 6.46. The first-order chi connectivity index (χ1) is 16.8. The Bertz CT molecular complexity index is 1540. The number of nitrogens with one attached hydrogen (secondary N) is 1. The van der Waals surface area contributed by atoms with Crippen molar-refractivity contribution in [3.8, 4) is 6.07 Å². The number of carbonyl (C=O) groups excluding carboxylic acids is 2. The SMILES string of the molecule is Cc1c(C#N)c(NC(=O)COC(=O)c2cc(=O)c3ccccc3o2)n(Cc2ccc(F)cc2)c1C. The Morgan fingerprint density at radius 3 is 2.57 bits per heavy atom. The van der Waals surface area contributed by atoms with Crippen LogP contribution in [0.5, 0.6) is 0 Å². The first-order valence-electron chi connectivity index (χ1n) is 10.6. The molecule has 0 bridgehead atoms. The Morgan fingerprint density at radius 1 is 1.14 bits per heavy atom. The number of para-hydroxylation sites is 1. The molecule has 0 aliphatic carbocycles. The van der Waals surface area contributed by atoms with Gasteiger partial charge >= 0.3 is 5.97 Å². The standard InChI is InChI=1S/C26H20FN3O5/c1-15-16(2)30(13-17-7-9-18(27)10-8-17)25(20(15)12-28)29-24(32)14-34-26(33)23-11-21(31)19-5-3-4-6-22(19)35-23/h3-11H,13-14H2,1-2H3,(H,29,32). The molecule has 0 aliphatic heterocycles. The first kappa shape index (κ1) is 23.4. The highest BCUT2D eigenvalue weighted by Crippen LogP contribution is 2.27. The Hall–Kier alpha value is -4.71. The lowest BCUT2D eigenvalue weighted by Gasteiger charge is -2.13. The van der Waals surface area contributed by atoms with Crippen molar-refractivity contribution >= 4 is 28.7 Å². The quantitative estimate of drug-likeness (QED) is 0.422. The molecule has 0 fully saturated rings. The highest BCUT2D eigenvalue weighted by molar-refractivity contribution is 5.95. The predicted molar refractivity (Wildman–Crippen MR) is 126 cm³/mol. The second kappa shape index (κ2) is 9.65. The highest BCUT2D eigenvalue weighted by atomic mass is 19.1. The number of carbonyl (C=O) groups is 2. The predicted octanol–water partition coefficient (Wildman–Crippen LogP) is 4.07. The summed E-state index contributed by atoms with van der Waals surface area (Å²) in [6.07, 6.45) is 0. The molecular weight excluding hydrogens is 453 g/mol. The molecule has 9 heteroatoms. The van der Waals surface area contributed by atoms with Crippen molar-refractivity contribution in [3.05, 3.63) is 98.8 Å².